The van der Waals surface area contributed by atoms with E-state index in [4.69, 9.17) is 5.73 Å². The first-order chi connectivity index (χ1) is 19.4. The number of aryl methyl sites for hydroxylation is 1. The molecule has 1 saturated carbocycles. The summed E-state index contributed by atoms with van der Waals surface area (Å²) in [5, 5.41) is 6.14. The second kappa shape index (κ2) is 12.3. The van der Waals surface area contributed by atoms with E-state index in [1.165, 1.54) is 0 Å². The Morgan fingerprint density at radius 3 is 2.25 bits per heavy atom. The van der Waals surface area contributed by atoms with E-state index < -0.39 is 0 Å². The van der Waals surface area contributed by atoms with Gasteiger partial charge in [-0.1, -0.05) is 17.7 Å². The van der Waals surface area contributed by atoms with E-state index in [1.807, 2.05) is 42.2 Å². The van der Waals surface area contributed by atoms with E-state index in [0.717, 1.165) is 36.9 Å². The van der Waals surface area contributed by atoms with Crippen LogP contribution in [-0.4, -0.2) is 65.9 Å². The highest BCUT2D eigenvalue weighted by Gasteiger charge is 2.26. The molecule has 0 bridgehead atoms. The van der Waals surface area contributed by atoms with E-state index >= 15 is 0 Å². The van der Waals surface area contributed by atoms with E-state index in [9.17, 15) is 14.4 Å². The molecule has 3 aromatic rings. The number of rotatable bonds is 6. The van der Waals surface area contributed by atoms with Gasteiger partial charge in [-0.3, -0.25) is 19.4 Å². The van der Waals surface area contributed by atoms with E-state index in [-0.39, 0.29) is 29.8 Å². The van der Waals surface area contributed by atoms with E-state index in [0.29, 0.717) is 48.6 Å². The van der Waals surface area contributed by atoms with Crippen molar-refractivity contribution in [2.75, 3.05) is 36.4 Å². The maximum Gasteiger partial charge on any atom is 0.255 e. The summed E-state index contributed by atoms with van der Waals surface area (Å²) in [6.07, 6.45) is 6.66. The molecule has 9 heteroatoms. The molecule has 0 atom stereocenters. The first-order valence-electron chi connectivity index (χ1n) is 13.9. The Balaban J connectivity index is 1.33. The molecule has 0 unspecified atom stereocenters. The summed E-state index contributed by atoms with van der Waals surface area (Å²) < 4.78 is 0. The lowest BCUT2D eigenvalue weighted by Crippen LogP contribution is -2.49. The highest BCUT2D eigenvalue weighted by molar-refractivity contribution is 6.07. The molecule has 3 amide bonds. The Morgan fingerprint density at radius 1 is 0.825 bits per heavy atom. The third-order valence-electron chi connectivity index (χ3n) is 7.73. The largest absolute Gasteiger partial charge is 0.366 e. The van der Waals surface area contributed by atoms with Gasteiger partial charge in [-0.15, -0.1) is 0 Å². The molecule has 2 heterocycles. The van der Waals surface area contributed by atoms with Crippen LogP contribution in [0.4, 0.5) is 11.4 Å². The van der Waals surface area contributed by atoms with Gasteiger partial charge in [0.05, 0.1) is 11.4 Å². The van der Waals surface area contributed by atoms with Crippen LogP contribution in [0.5, 0.6) is 0 Å². The lowest BCUT2D eigenvalue weighted by Gasteiger charge is -2.37. The molecule has 2 aromatic carbocycles. The number of carbonyl (C=O) groups excluding carboxylic acids is 3. The standard InChI is InChI=1S/C31H36N6O3/c1-21-3-2-4-24(19-21)31(40)37-17-15-36(16-18-37)28-10-5-23(30(39)34-26-8-6-25(32)7-9-26)20-27(28)35-29(38)22-11-13-33-14-12-22/h2-5,10-14,19-20,25-26H,6-9,15-18,32H2,1H3,(H,34,39)(H,35,38). The predicted molar refractivity (Wildman–Crippen MR) is 156 cm³/mol. The highest BCUT2D eigenvalue weighted by atomic mass is 16.2. The lowest BCUT2D eigenvalue weighted by atomic mass is 9.91. The highest BCUT2D eigenvalue weighted by Crippen LogP contribution is 2.30. The molecular formula is C31H36N6O3. The summed E-state index contributed by atoms with van der Waals surface area (Å²) >= 11 is 0. The summed E-state index contributed by atoms with van der Waals surface area (Å²) in [7, 11) is 0. The molecule has 40 heavy (non-hydrogen) atoms. The van der Waals surface area contributed by atoms with Gasteiger partial charge in [0.2, 0.25) is 0 Å². The van der Waals surface area contributed by atoms with Crippen molar-refractivity contribution in [3.05, 3.63) is 89.2 Å². The van der Waals surface area contributed by atoms with Gasteiger partial charge in [-0.25, -0.2) is 0 Å². The number of aromatic nitrogens is 1. The van der Waals surface area contributed by atoms with Crippen molar-refractivity contribution in [3.8, 4) is 0 Å². The van der Waals surface area contributed by atoms with Gasteiger partial charge in [0.25, 0.3) is 17.7 Å². The first-order valence-corrected chi connectivity index (χ1v) is 13.9. The number of amides is 3. The van der Waals surface area contributed by atoms with Gasteiger partial charge in [0.1, 0.15) is 0 Å². The Hall–Kier alpha value is -4.24. The number of benzene rings is 2. The van der Waals surface area contributed by atoms with Crippen LogP contribution in [0.2, 0.25) is 0 Å². The van der Waals surface area contributed by atoms with E-state index in [1.54, 1.807) is 36.7 Å². The second-order valence-electron chi connectivity index (χ2n) is 10.7. The fraction of sp³-hybridized carbons (Fsp3) is 0.355. The molecule has 0 radical (unpaired) electrons. The summed E-state index contributed by atoms with van der Waals surface area (Å²) in [6.45, 7) is 4.28. The molecule has 1 aromatic heterocycles. The molecule has 208 valence electrons. The molecule has 2 aliphatic rings. The van der Waals surface area contributed by atoms with Crippen molar-refractivity contribution in [3.63, 3.8) is 0 Å². The number of nitrogens with one attached hydrogen (secondary N) is 2. The molecule has 1 saturated heterocycles. The molecule has 1 aliphatic heterocycles. The van der Waals surface area contributed by atoms with Gasteiger partial charge in [0.15, 0.2) is 0 Å². The number of hydrogen-bond donors (Lipinski definition) is 3. The number of carbonyl (C=O) groups is 3. The fourth-order valence-electron chi connectivity index (χ4n) is 5.39. The minimum absolute atomic E-state index is 0.0188. The second-order valence-corrected chi connectivity index (χ2v) is 10.7. The normalized spacial score (nSPS) is 19.1. The van der Waals surface area contributed by atoms with Gasteiger partial charge in [-0.2, -0.15) is 0 Å². The third-order valence-corrected chi connectivity index (χ3v) is 7.73. The van der Waals surface area contributed by atoms with Crippen molar-refractivity contribution < 1.29 is 14.4 Å². The zero-order chi connectivity index (χ0) is 28.1. The number of pyridine rings is 1. The number of piperazine rings is 1. The zero-order valence-electron chi connectivity index (χ0n) is 22.8. The van der Waals surface area contributed by atoms with Crippen LogP contribution in [0.1, 0.15) is 62.3 Å². The number of nitrogens with zero attached hydrogens (tertiary/aromatic N) is 3. The topological polar surface area (TPSA) is 121 Å². The first kappa shape index (κ1) is 27.3. The Morgan fingerprint density at radius 2 is 1.55 bits per heavy atom. The Labute approximate surface area is 234 Å². The molecule has 0 spiro atoms. The van der Waals surface area contributed by atoms with Crippen LogP contribution >= 0.6 is 0 Å². The van der Waals surface area contributed by atoms with Crippen LogP contribution in [0.3, 0.4) is 0 Å². The maximum atomic E-state index is 13.1. The van der Waals surface area contributed by atoms with Crippen molar-refractivity contribution in [1.29, 1.82) is 0 Å². The average molecular weight is 541 g/mol. The van der Waals surface area contributed by atoms with Crippen LogP contribution in [0.25, 0.3) is 0 Å². The molecular weight excluding hydrogens is 504 g/mol. The van der Waals surface area contributed by atoms with Gasteiger partial charge >= 0.3 is 0 Å². The SMILES string of the molecule is Cc1cccc(C(=O)N2CCN(c3ccc(C(=O)NC4CCC(N)CC4)cc3NC(=O)c3ccncc3)CC2)c1. The van der Waals surface area contributed by atoms with Crippen LogP contribution in [-0.2, 0) is 0 Å². The van der Waals surface area contributed by atoms with Crippen molar-refractivity contribution in [2.45, 2.75) is 44.7 Å². The van der Waals surface area contributed by atoms with Gasteiger partial charge in [0, 0.05) is 67.3 Å². The molecule has 4 N–H and O–H groups in total. The zero-order valence-corrected chi connectivity index (χ0v) is 22.8. The summed E-state index contributed by atoms with van der Waals surface area (Å²) in [5.74, 6) is -0.430. The summed E-state index contributed by atoms with van der Waals surface area (Å²) in [4.78, 5) is 47.3. The predicted octanol–water partition coefficient (Wildman–Crippen LogP) is 3.60. The fourth-order valence-corrected chi connectivity index (χ4v) is 5.39. The quantitative estimate of drug-likeness (QED) is 0.439. The Bertz CT molecular complexity index is 1360. The summed E-state index contributed by atoms with van der Waals surface area (Å²) in [5.41, 5.74) is 10.1. The smallest absolute Gasteiger partial charge is 0.255 e. The van der Waals surface area contributed by atoms with Gasteiger partial charge < -0.3 is 26.2 Å². The lowest BCUT2D eigenvalue weighted by molar-refractivity contribution is 0.0746. The number of anilines is 2. The van der Waals surface area contributed by atoms with E-state index in [2.05, 4.69) is 20.5 Å². The molecule has 1 aliphatic carbocycles. The van der Waals surface area contributed by atoms with Crippen molar-refractivity contribution in [1.82, 2.24) is 15.2 Å². The van der Waals surface area contributed by atoms with Crippen molar-refractivity contribution in [2.24, 2.45) is 5.73 Å². The summed E-state index contributed by atoms with van der Waals surface area (Å²) in [6, 6.07) is 16.6. The van der Waals surface area contributed by atoms with Crippen LogP contribution in [0.15, 0.2) is 67.0 Å². The minimum Gasteiger partial charge on any atom is -0.366 e. The number of hydrogen-bond acceptors (Lipinski definition) is 6. The molecule has 5 rings (SSSR count). The van der Waals surface area contributed by atoms with Crippen LogP contribution in [0, 0.1) is 6.92 Å². The van der Waals surface area contributed by atoms with Crippen LogP contribution < -0.4 is 21.3 Å². The average Bonchev–Trinajstić information content (AvgIpc) is 2.98. The monoisotopic (exact) mass is 540 g/mol. The third kappa shape index (κ3) is 6.48. The minimum atomic E-state index is -0.282. The molecule has 2 fully saturated rings. The maximum absolute atomic E-state index is 13.1. The Kier molecular flexibility index (Phi) is 8.40. The van der Waals surface area contributed by atoms with Gasteiger partial charge in [-0.05, 0) is 75.1 Å². The van der Waals surface area contributed by atoms with Crippen molar-refractivity contribution >= 4 is 29.1 Å². The molecule has 9 nitrogen and oxygen atoms in total. The number of nitrogens with two attached hydrogens (primary N) is 1.